The van der Waals surface area contributed by atoms with E-state index in [0.29, 0.717) is 12.5 Å². The minimum atomic E-state index is -3.49. The Hall–Kier alpha value is -1.67. The summed E-state index contributed by atoms with van der Waals surface area (Å²) < 4.78 is 30.4. The maximum Gasteiger partial charge on any atom is 0.257 e. The van der Waals surface area contributed by atoms with Crippen LogP contribution in [0.25, 0.3) is 0 Å². The summed E-state index contributed by atoms with van der Waals surface area (Å²) in [6.07, 6.45) is 7.05. The van der Waals surface area contributed by atoms with E-state index in [1.165, 1.54) is 16.9 Å². The highest BCUT2D eigenvalue weighted by Crippen LogP contribution is 2.18. The van der Waals surface area contributed by atoms with Crippen LogP contribution in [0, 0.1) is 5.92 Å². The molecule has 0 fully saturated rings. The molecule has 0 saturated heterocycles. The van der Waals surface area contributed by atoms with Crippen LogP contribution in [0.1, 0.15) is 12.2 Å². The number of nitrogens with zero attached hydrogens (tertiary/aromatic N) is 4. The number of imidazole rings is 1. The van der Waals surface area contributed by atoms with Crippen molar-refractivity contribution in [3.05, 3.63) is 30.5 Å². The molecule has 20 heavy (non-hydrogen) atoms. The molecule has 0 aliphatic carbocycles. The van der Waals surface area contributed by atoms with Crippen molar-refractivity contribution in [3.63, 3.8) is 0 Å². The zero-order valence-electron chi connectivity index (χ0n) is 11.2. The number of aryl methyl sites for hydroxylation is 2. The van der Waals surface area contributed by atoms with Crippen molar-refractivity contribution in [2.75, 3.05) is 6.54 Å². The van der Waals surface area contributed by atoms with Gasteiger partial charge in [-0.15, -0.1) is 0 Å². The lowest BCUT2D eigenvalue weighted by Crippen LogP contribution is -2.34. The molecule has 3 rings (SSSR count). The van der Waals surface area contributed by atoms with E-state index in [0.717, 1.165) is 25.2 Å². The lowest BCUT2D eigenvalue weighted by atomic mass is 10.00. The monoisotopic (exact) mass is 295 g/mol. The number of fused-ring (bicyclic) bond motifs is 1. The summed E-state index contributed by atoms with van der Waals surface area (Å²) in [4.78, 5) is 4.27. The third-order valence-electron chi connectivity index (χ3n) is 3.65. The molecule has 1 unspecified atom stereocenters. The van der Waals surface area contributed by atoms with Gasteiger partial charge in [-0.3, -0.25) is 4.68 Å². The molecule has 3 heterocycles. The third kappa shape index (κ3) is 2.48. The number of aromatic nitrogens is 4. The van der Waals surface area contributed by atoms with Crippen LogP contribution in [0.4, 0.5) is 0 Å². The first-order chi connectivity index (χ1) is 9.56. The molecule has 0 bridgehead atoms. The first kappa shape index (κ1) is 13.3. The SMILES string of the molecule is Cn1nccc1S(=O)(=O)NCC1CCc2nccn2C1. The van der Waals surface area contributed by atoms with Crippen LogP contribution >= 0.6 is 0 Å². The average Bonchev–Trinajstić information content (AvgIpc) is 3.04. The zero-order chi connectivity index (χ0) is 14.2. The molecule has 1 aliphatic heterocycles. The van der Waals surface area contributed by atoms with Crippen molar-refractivity contribution < 1.29 is 8.42 Å². The molecule has 2 aromatic heterocycles. The Morgan fingerprint density at radius 3 is 3.05 bits per heavy atom. The molecule has 7 nitrogen and oxygen atoms in total. The molecule has 1 N–H and O–H groups in total. The molecule has 8 heteroatoms. The van der Waals surface area contributed by atoms with Crippen molar-refractivity contribution in [1.82, 2.24) is 24.1 Å². The topological polar surface area (TPSA) is 81.8 Å². The van der Waals surface area contributed by atoms with Gasteiger partial charge in [0, 0.05) is 39.0 Å². The molecular formula is C12H17N5O2S. The largest absolute Gasteiger partial charge is 0.335 e. The Labute approximate surface area is 117 Å². The lowest BCUT2D eigenvalue weighted by Gasteiger charge is -2.23. The molecule has 2 aromatic rings. The van der Waals surface area contributed by atoms with E-state index in [4.69, 9.17) is 0 Å². The van der Waals surface area contributed by atoms with Crippen molar-refractivity contribution in [1.29, 1.82) is 0 Å². The molecule has 0 saturated carbocycles. The van der Waals surface area contributed by atoms with E-state index in [1.807, 2.05) is 6.20 Å². The fourth-order valence-electron chi connectivity index (χ4n) is 2.53. The molecule has 1 atom stereocenters. The van der Waals surface area contributed by atoms with Gasteiger partial charge in [0.15, 0.2) is 5.03 Å². The Bertz CT molecular complexity index is 703. The fraction of sp³-hybridized carbons (Fsp3) is 0.500. The van der Waals surface area contributed by atoms with Crippen LogP contribution in [-0.2, 0) is 30.0 Å². The summed E-state index contributed by atoms with van der Waals surface area (Å²) in [5.41, 5.74) is 0. The number of hydrogen-bond donors (Lipinski definition) is 1. The molecule has 108 valence electrons. The molecular weight excluding hydrogens is 278 g/mol. The van der Waals surface area contributed by atoms with Crippen LogP contribution in [0.15, 0.2) is 29.7 Å². The van der Waals surface area contributed by atoms with E-state index in [-0.39, 0.29) is 5.03 Å². The molecule has 0 aromatic carbocycles. The van der Waals surface area contributed by atoms with Gasteiger partial charge in [0.1, 0.15) is 5.82 Å². The van der Waals surface area contributed by atoms with Gasteiger partial charge in [0.2, 0.25) is 0 Å². The fourth-order valence-corrected chi connectivity index (χ4v) is 3.77. The number of sulfonamides is 1. The minimum absolute atomic E-state index is 0.191. The average molecular weight is 295 g/mol. The van der Waals surface area contributed by atoms with E-state index in [2.05, 4.69) is 19.4 Å². The van der Waals surface area contributed by atoms with Gasteiger partial charge >= 0.3 is 0 Å². The zero-order valence-corrected chi connectivity index (χ0v) is 12.0. The summed E-state index contributed by atoms with van der Waals surface area (Å²) in [6, 6.07) is 1.50. The van der Waals surface area contributed by atoms with Gasteiger partial charge in [-0.05, 0) is 18.4 Å². The third-order valence-corrected chi connectivity index (χ3v) is 5.14. The number of nitrogens with one attached hydrogen (secondary N) is 1. The number of rotatable bonds is 4. The quantitative estimate of drug-likeness (QED) is 0.871. The van der Waals surface area contributed by atoms with Gasteiger partial charge in [-0.2, -0.15) is 5.10 Å². The highest BCUT2D eigenvalue weighted by molar-refractivity contribution is 7.89. The maximum atomic E-state index is 12.2. The number of hydrogen-bond acceptors (Lipinski definition) is 4. The maximum absolute atomic E-state index is 12.2. The first-order valence-electron chi connectivity index (χ1n) is 6.54. The van der Waals surface area contributed by atoms with E-state index in [9.17, 15) is 8.42 Å². The first-order valence-corrected chi connectivity index (χ1v) is 8.02. The van der Waals surface area contributed by atoms with E-state index in [1.54, 1.807) is 13.2 Å². The second-order valence-electron chi connectivity index (χ2n) is 5.05. The van der Waals surface area contributed by atoms with Crippen LogP contribution < -0.4 is 4.72 Å². The Morgan fingerprint density at radius 2 is 2.30 bits per heavy atom. The summed E-state index contributed by atoms with van der Waals surface area (Å²) in [5.74, 6) is 1.37. The van der Waals surface area contributed by atoms with Crippen LogP contribution in [0.3, 0.4) is 0 Å². The normalized spacial score (nSPS) is 18.9. The predicted octanol–water partition coefficient (Wildman–Crippen LogP) is 0.157. The second kappa shape index (κ2) is 5.02. The lowest BCUT2D eigenvalue weighted by molar-refractivity contribution is 0.363. The van der Waals surface area contributed by atoms with E-state index < -0.39 is 10.0 Å². The second-order valence-corrected chi connectivity index (χ2v) is 6.76. The Balaban J connectivity index is 1.65. The van der Waals surface area contributed by atoms with Gasteiger partial charge in [0.05, 0.1) is 6.20 Å². The molecule has 0 radical (unpaired) electrons. The van der Waals surface area contributed by atoms with Gasteiger partial charge in [-0.25, -0.2) is 18.1 Å². The smallest absolute Gasteiger partial charge is 0.257 e. The molecule has 0 spiro atoms. The van der Waals surface area contributed by atoms with Gasteiger partial charge < -0.3 is 4.57 Å². The van der Waals surface area contributed by atoms with Crippen molar-refractivity contribution in [2.24, 2.45) is 13.0 Å². The Morgan fingerprint density at radius 1 is 1.45 bits per heavy atom. The predicted molar refractivity (Wildman–Crippen MR) is 72.4 cm³/mol. The van der Waals surface area contributed by atoms with Crippen molar-refractivity contribution in [3.8, 4) is 0 Å². The van der Waals surface area contributed by atoms with Crippen molar-refractivity contribution in [2.45, 2.75) is 24.4 Å². The molecule has 0 amide bonds. The van der Waals surface area contributed by atoms with Crippen LogP contribution in [0.5, 0.6) is 0 Å². The summed E-state index contributed by atoms with van der Waals surface area (Å²) in [5, 5.41) is 4.08. The standard InChI is InChI=1S/C12H17N5O2S/c1-16-12(4-5-14-16)20(18,19)15-8-10-2-3-11-13-6-7-17(11)9-10/h4-7,10,15H,2-3,8-9H2,1H3. The van der Waals surface area contributed by atoms with Crippen LogP contribution in [-0.4, -0.2) is 34.3 Å². The van der Waals surface area contributed by atoms with Crippen molar-refractivity contribution >= 4 is 10.0 Å². The highest BCUT2D eigenvalue weighted by atomic mass is 32.2. The minimum Gasteiger partial charge on any atom is -0.335 e. The van der Waals surface area contributed by atoms with Gasteiger partial charge in [-0.1, -0.05) is 0 Å². The van der Waals surface area contributed by atoms with E-state index >= 15 is 0 Å². The highest BCUT2D eigenvalue weighted by Gasteiger charge is 2.23. The molecule has 1 aliphatic rings. The summed E-state index contributed by atoms with van der Waals surface area (Å²) in [7, 11) is -1.87. The van der Waals surface area contributed by atoms with Gasteiger partial charge in [0.25, 0.3) is 10.0 Å². The Kier molecular flexibility index (Phi) is 3.35. The van der Waals surface area contributed by atoms with Crippen LogP contribution in [0.2, 0.25) is 0 Å². The summed E-state index contributed by atoms with van der Waals surface area (Å²) >= 11 is 0. The summed E-state index contributed by atoms with van der Waals surface area (Å²) in [6.45, 7) is 1.24.